The van der Waals surface area contributed by atoms with Crippen molar-refractivity contribution in [2.45, 2.75) is 24.9 Å². The molecule has 6 nitrogen and oxygen atoms in total. The van der Waals surface area contributed by atoms with Gasteiger partial charge >= 0.3 is 11.9 Å². The van der Waals surface area contributed by atoms with Gasteiger partial charge in [-0.2, -0.15) is 0 Å². The Morgan fingerprint density at radius 3 is 2.43 bits per heavy atom. The van der Waals surface area contributed by atoms with Crippen LogP contribution in [0, 0.1) is 17.7 Å². The molecule has 0 heterocycles. The zero-order chi connectivity index (χ0) is 20.9. The van der Waals surface area contributed by atoms with Crippen molar-refractivity contribution in [3.05, 3.63) is 61.0 Å². The molecule has 0 spiro atoms. The van der Waals surface area contributed by atoms with Gasteiger partial charge in [-0.3, -0.25) is 14.4 Å². The summed E-state index contributed by atoms with van der Waals surface area (Å²) >= 11 is 0. The Morgan fingerprint density at radius 2 is 1.86 bits per heavy atom. The summed E-state index contributed by atoms with van der Waals surface area (Å²) in [6, 6.07) is 5.21. The third kappa shape index (κ3) is 4.54. The number of benzene rings is 1. The number of halogens is 1. The Bertz CT molecular complexity index is 785. The molecule has 1 aromatic rings. The summed E-state index contributed by atoms with van der Waals surface area (Å²) in [5.41, 5.74) is -1.57. The van der Waals surface area contributed by atoms with Gasteiger partial charge in [0, 0.05) is 12.3 Å². The zero-order valence-corrected chi connectivity index (χ0v) is 15.6. The minimum Gasteiger partial charge on any atom is -0.461 e. The molecule has 4 atom stereocenters. The van der Waals surface area contributed by atoms with Crippen molar-refractivity contribution in [2.24, 2.45) is 11.8 Å². The van der Waals surface area contributed by atoms with Gasteiger partial charge in [0.05, 0.1) is 11.5 Å². The number of hydrogen-bond acceptors (Lipinski definition) is 6. The average molecular weight is 390 g/mol. The molecule has 0 bridgehead atoms. The molecular weight excluding hydrogens is 367 g/mol. The normalized spacial score (nSPS) is 27.0. The lowest BCUT2D eigenvalue weighted by molar-refractivity contribution is -0.172. The molecule has 0 unspecified atom stereocenters. The van der Waals surface area contributed by atoms with Crippen molar-refractivity contribution in [2.75, 3.05) is 13.2 Å². The van der Waals surface area contributed by atoms with Gasteiger partial charge in [-0.15, -0.1) is 0 Å². The predicted octanol–water partition coefficient (Wildman–Crippen LogP) is 2.32. The number of carbonyl (C=O) groups excluding carboxylic acids is 3. The van der Waals surface area contributed by atoms with E-state index in [0.29, 0.717) is 0 Å². The first-order valence-electron chi connectivity index (χ1n) is 8.78. The maximum atomic E-state index is 13.9. The standard InChI is InChI=1S/C21H23FO6/c1-4-9-27-19(24)17-15(23)12-21(3,26)18(20(25)28-10-5-2)16(17)13-7-6-8-14(22)11-13/h4-8,11,16-18,26H,1-2,9-10,12H2,3H3/t16-,17-,18+,21-/m0/s1. The molecule has 0 amide bonds. The molecule has 0 radical (unpaired) electrons. The molecule has 1 N–H and O–H groups in total. The van der Waals surface area contributed by atoms with E-state index >= 15 is 0 Å². The minimum atomic E-state index is -1.79. The maximum absolute atomic E-state index is 13.9. The highest BCUT2D eigenvalue weighted by atomic mass is 19.1. The molecule has 1 aliphatic rings. The van der Waals surface area contributed by atoms with Crippen molar-refractivity contribution in [1.82, 2.24) is 0 Å². The summed E-state index contributed by atoms with van der Waals surface area (Å²) in [5.74, 6) is -6.70. The van der Waals surface area contributed by atoms with Crippen LogP contribution in [-0.4, -0.2) is 41.6 Å². The van der Waals surface area contributed by atoms with Crippen molar-refractivity contribution >= 4 is 17.7 Å². The summed E-state index contributed by atoms with van der Waals surface area (Å²) in [4.78, 5) is 38.0. The highest BCUT2D eigenvalue weighted by molar-refractivity contribution is 6.02. The second kappa shape index (κ2) is 8.93. The molecule has 1 fully saturated rings. The van der Waals surface area contributed by atoms with Crippen LogP contribution in [0.25, 0.3) is 0 Å². The summed E-state index contributed by atoms with van der Waals surface area (Å²) in [6.45, 7) is 8.00. The zero-order valence-electron chi connectivity index (χ0n) is 15.6. The van der Waals surface area contributed by atoms with Crippen LogP contribution in [0.15, 0.2) is 49.6 Å². The molecule has 1 aromatic carbocycles. The van der Waals surface area contributed by atoms with E-state index in [1.807, 2.05) is 0 Å². The summed E-state index contributed by atoms with van der Waals surface area (Å²) in [6.07, 6.45) is 2.25. The van der Waals surface area contributed by atoms with Gasteiger partial charge in [0.2, 0.25) is 0 Å². The number of carbonyl (C=O) groups is 3. The molecule has 0 aromatic heterocycles. The van der Waals surface area contributed by atoms with E-state index < -0.39 is 53.3 Å². The maximum Gasteiger partial charge on any atom is 0.317 e. The average Bonchev–Trinajstić information content (AvgIpc) is 2.62. The fraction of sp³-hybridized carbons (Fsp3) is 0.381. The summed E-state index contributed by atoms with van der Waals surface area (Å²) in [5, 5.41) is 10.8. The molecule has 150 valence electrons. The lowest BCUT2D eigenvalue weighted by atomic mass is 9.61. The number of aliphatic hydroxyl groups is 1. The van der Waals surface area contributed by atoms with Gasteiger partial charge < -0.3 is 14.6 Å². The van der Waals surface area contributed by atoms with E-state index in [1.165, 1.54) is 37.3 Å². The molecule has 0 saturated heterocycles. The van der Waals surface area contributed by atoms with Gasteiger partial charge in [0.25, 0.3) is 0 Å². The van der Waals surface area contributed by atoms with E-state index in [-0.39, 0.29) is 18.8 Å². The van der Waals surface area contributed by atoms with Gasteiger partial charge in [-0.05, 0) is 24.6 Å². The number of rotatable bonds is 7. The molecule has 1 aliphatic carbocycles. The fourth-order valence-corrected chi connectivity index (χ4v) is 3.59. The Balaban J connectivity index is 2.58. The lowest BCUT2D eigenvalue weighted by Crippen LogP contribution is -2.55. The van der Waals surface area contributed by atoms with E-state index in [4.69, 9.17) is 9.47 Å². The van der Waals surface area contributed by atoms with Gasteiger partial charge in [0.1, 0.15) is 24.9 Å². The van der Waals surface area contributed by atoms with Crippen molar-refractivity contribution < 1.29 is 33.4 Å². The van der Waals surface area contributed by atoms with Crippen molar-refractivity contribution in [3.63, 3.8) is 0 Å². The van der Waals surface area contributed by atoms with Crippen molar-refractivity contribution in [1.29, 1.82) is 0 Å². The van der Waals surface area contributed by atoms with Crippen LogP contribution in [0.2, 0.25) is 0 Å². The number of esters is 2. The minimum absolute atomic E-state index is 0.110. The van der Waals surface area contributed by atoms with Crippen LogP contribution in [0.1, 0.15) is 24.8 Å². The van der Waals surface area contributed by atoms with Crippen LogP contribution >= 0.6 is 0 Å². The molecule has 28 heavy (non-hydrogen) atoms. The summed E-state index contributed by atoms with van der Waals surface area (Å²) < 4.78 is 24.0. The first-order chi connectivity index (χ1) is 13.2. The van der Waals surface area contributed by atoms with E-state index in [1.54, 1.807) is 0 Å². The second-order valence-electron chi connectivity index (χ2n) is 6.87. The molecule has 0 aliphatic heterocycles. The number of Topliss-reactive ketones (excluding diaryl/α,β-unsaturated/α-hetero) is 1. The largest absolute Gasteiger partial charge is 0.461 e. The molecule has 2 rings (SSSR count). The highest BCUT2D eigenvalue weighted by Crippen LogP contribution is 2.46. The number of hydrogen-bond donors (Lipinski definition) is 1. The van der Waals surface area contributed by atoms with Gasteiger partial charge in [-0.25, -0.2) is 4.39 Å². The number of ketones is 1. The fourth-order valence-electron chi connectivity index (χ4n) is 3.59. The van der Waals surface area contributed by atoms with Crippen LogP contribution in [0.5, 0.6) is 0 Å². The SMILES string of the molecule is C=CCOC(=O)[C@H]1C(=O)C[C@](C)(O)[C@@H](C(=O)OCC=C)[C@H]1c1cccc(F)c1. The van der Waals surface area contributed by atoms with Crippen LogP contribution in [0.4, 0.5) is 4.39 Å². The second-order valence-corrected chi connectivity index (χ2v) is 6.87. The van der Waals surface area contributed by atoms with Gasteiger partial charge in [0.15, 0.2) is 5.78 Å². The third-order valence-electron chi connectivity index (χ3n) is 4.70. The first-order valence-corrected chi connectivity index (χ1v) is 8.78. The molecule has 7 heteroatoms. The Hall–Kier alpha value is -2.80. The Labute approximate surface area is 162 Å². The number of ether oxygens (including phenoxy) is 2. The monoisotopic (exact) mass is 390 g/mol. The lowest BCUT2D eigenvalue weighted by Gasteiger charge is -2.43. The highest BCUT2D eigenvalue weighted by Gasteiger charge is 2.57. The van der Waals surface area contributed by atoms with Crippen LogP contribution in [-0.2, 0) is 23.9 Å². The smallest absolute Gasteiger partial charge is 0.317 e. The van der Waals surface area contributed by atoms with E-state index in [0.717, 1.165) is 6.07 Å². The molecule has 1 saturated carbocycles. The quantitative estimate of drug-likeness (QED) is 0.437. The topological polar surface area (TPSA) is 89.9 Å². The predicted molar refractivity (Wildman–Crippen MR) is 98.7 cm³/mol. The Kier molecular flexibility index (Phi) is 6.85. The summed E-state index contributed by atoms with van der Waals surface area (Å²) in [7, 11) is 0. The van der Waals surface area contributed by atoms with Crippen LogP contribution in [0.3, 0.4) is 0 Å². The Morgan fingerprint density at radius 1 is 1.25 bits per heavy atom. The van der Waals surface area contributed by atoms with E-state index in [9.17, 15) is 23.9 Å². The van der Waals surface area contributed by atoms with Crippen LogP contribution < -0.4 is 0 Å². The van der Waals surface area contributed by atoms with Gasteiger partial charge in [-0.1, -0.05) is 37.4 Å². The van der Waals surface area contributed by atoms with Crippen molar-refractivity contribution in [3.8, 4) is 0 Å². The third-order valence-corrected chi connectivity index (χ3v) is 4.70. The first kappa shape index (κ1) is 21.5. The molecular formula is C21H23FO6. The van der Waals surface area contributed by atoms with E-state index in [2.05, 4.69) is 13.2 Å².